The monoisotopic (exact) mass is 259 g/mol. The zero-order valence-electron chi connectivity index (χ0n) is 8.28. The Hall–Kier alpha value is -1.33. The fourth-order valence-electron chi connectivity index (χ4n) is 1.30. The molecule has 0 spiro atoms. The van der Waals surface area contributed by atoms with E-state index >= 15 is 0 Å². The van der Waals surface area contributed by atoms with E-state index < -0.39 is 5.97 Å². The van der Waals surface area contributed by atoms with E-state index in [-0.39, 0.29) is 16.1 Å². The van der Waals surface area contributed by atoms with Gasteiger partial charge in [-0.25, -0.2) is 14.3 Å². The van der Waals surface area contributed by atoms with Crippen molar-refractivity contribution in [2.75, 3.05) is 6.61 Å². The van der Waals surface area contributed by atoms with Gasteiger partial charge < -0.3 is 4.74 Å². The summed E-state index contributed by atoms with van der Waals surface area (Å²) in [4.78, 5) is 15.3. The van der Waals surface area contributed by atoms with Crippen molar-refractivity contribution in [2.24, 2.45) is 0 Å². The number of hydrogen-bond acceptors (Lipinski definition) is 4. The normalized spacial score (nSPS) is 10.7. The Morgan fingerprint density at radius 1 is 1.50 bits per heavy atom. The van der Waals surface area contributed by atoms with Gasteiger partial charge in [0.25, 0.3) is 0 Å². The number of fused-ring (bicyclic) bond motifs is 1. The molecule has 0 N–H and O–H groups in total. The molecule has 0 aromatic carbocycles. The largest absolute Gasteiger partial charge is 0.461 e. The number of nitrogens with zero attached hydrogens (tertiary/aromatic N) is 3. The van der Waals surface area contributed by atoms with Crippen LogP contribution in [0.1, 0.15) is 17.4 Å². The van der Waals surface area contributed by atoms with Gasteiger partial charge in [0.1, 0.15) is 5.52 Å². The van der Waals surface area contributed by atoms with Crippen molar-refractivity contribution < 1.29 is 9.53 Å². The molecule has 0 atom stereocenters. The third-order valence-corrected chi connectivity index (χ3v) is 2.36. The predicted octanol–water partition coefficient (Wildman–Crippen LogP) is 2.21. The second-order valence-electron chi connectivity index (χ2n) is 2.91. The van der Waals surface area contributed by atoms with Crippen molar-refractivity contribution >= 4 is 34.7 Å². The quantitative estimate of drug-likeness (QED) is 0.777. The molecule has 0 amide bonds. The summed E-state index contributed by atoms with van der Waals surface area (Å²) in [6.45, 7) is 2.02. The van der Waals surface area contributed by atoms with Gasteiger partial charge in [0.15, 0.2) is 10.8 Å². The molecular weight excluding hydrogens is 253 g/mol. The number of rotatable bonds is 2. The van der Waals surface area contributed by atoms with Gasteiger partial charge in [0.2, 0.25) is 5.28 Å². The summed E-state index contributed by atoms with van der Waals surface area (Å²) < 4.78 is 6.18. The van der Waals surface area contributed by atoms with Gasteiger partial charge in [0, 0.05) is 0 Å². The highest BCUT2D eigenvalue weighted by Gasteiger charge is 2.15. The topological polar surface area (TPSA) is 56.5 Å². The highest BCUT2D eigenvalue weighted by Crippen LogP contribution is 2.19. The third kappa shape index (κ3) is 1.83. The van der Waals surface area contributed by atoms with Crippen LogP contribution >= 0.6 is 23.2 Å². The van der Waals surface area contributed by atoms with Crippen LogP contribution < -0.4 is 0 Å². The van der Waals surface area contributed by atoms with E-state index in [9.17, 15) is 4.79 Å². The molecule has 2 heterocycles. The Morgan fingerprint density at radius 2 is 2.25 bits per heavy atom. The van der Waals surface area contributed by atoms with Crippen molar-refractivity contribution in [2.45, 2.75) is 6.92 Å². The number of halogens is 2. The van der Waals surface area contributed by atoms with Crippen LogP contribution in [0.5, 0.6) is 0 Å². The number of esters is 1. The fraction of sp³-hybridized carbons (Fsp3) is 0.222. The molecule has 7 heteroatoms. The first-order chi connectivity index (χ1) is 7.63. The van der Waals surface area contributed by atoms with Crippen LogP contribution in [0.3, 0.4) is 0 Å². The van der Waals surface area contributed by atoms with Crippen LogP contribution in [-0.4, -0.2) is 27.2 Å². The molecule has 0 aliphatic carbocycles. The maximum atomic E-state index is 11.6. The molecule has 0 bridgehead atoms. The van der Waals surface area contributed by atoms with Crippen molar-refractivity contribution in [3.63, 3.8) is 0 Å². The first-order valence-corrected chi connectivity index (χ1v) is 5.27. The predicted molar refractivity (Wildman–Crippen MR) is 59.0 cm³/mol. The lowest BCUT2D eigenvalue weighted by Gasteiger charge is -2.02. The highest BCUT2D eigenvalue weighted by atomic mass is 35.5. The molecule has 2 rings (SSSR count). The van der Waals surface area contributed by atoms with Gasteiger partial charge in [-0.3, -0.25) is 0 Å². The summed E-state index contributed by atoms with van der Waals surface area (Å²) in [5, 5.41) is 4.05. The maximum absolute atomic E-state index is 11.6. The van der Waals surface area contributed by atoms with E-state index in [0.29, 0.717) is 12.1 Å². The molecule has 0 radical (unpaired) electrons. The van der Waals surface area contributed by atoms with E-state index in [1.165, 1.54) is 4.52 Å². The van der Waals surface area contributed by atoms with Crippen LogP contribution in [-0.2, 0) is 4.74 Å². The average Bonchev–Trinajstić information content (AvgIpc) is 2.61. The number of ether oxygens (including phenoxy) is 1. The number of carbonyl (C=O) groups is 1. The Balaban J connectivity index is 2.60. The van der Waals surface area contributed by atoms with Crippen LogP contribution in [0.4, 0.5) is 0 Å². The summed E-state index contributed by atoms with van der Waals surface area (Å²) in [6.07, 6.45) is 0. The van der Waals surface area contributed by atoms with Gasteiger partial charge in [-0.2, -0.15) is 0 Å². The van der Waals surface area contributed by atoms with Gasteiger partial charge in [0.05, 0.1) is 6.61 Å². The Kier molecular flexibility index (Phi) is 2.98. The molecule has 0 aliphatic rings. The van der Waals surface area contributed by atoms with Gasteiger partial charge in [-0.05, 0) is 30.7 Å². The van der Waals surface area contributed by atoms with Gasteiger partial charge in [-0.1, -0.05) is 11.6 Å². The van der Waals surface area contributed by atoms with Gasteiger partial charge >= 0.3 is 5.97 Å². The number of hydrogen-bond donors (Lipinski definition) is 0. The summed E-state index contributed by atoms with van der Waals surface area (Å²) in [5.41, 5.74) is 0.775. The van der Waals surface area contributed by atoms with Crippen LogP contribution in [0.25, 0.3) is 5.52 Å². The Morgan fingerprint density at radius 3 is 2.94 bits per heavy atom. The zero-order valence-corrected chi connectivity index (χ0v) is 9.79. The van der Waals surface area contributed by atoms with Crippen molar-refractivity contribution in [3.8, 4) is 0 Å². The first kappa shape index (κ1) is 11.2. The third-order valence-electron chi connectivity index (χ3n) is 1.92. The maximum Gasteiger partial charge on any atom is 0.356 e. The minimum atomic E-state index is -0.478. The number of aromatic nitrogens is 3. The minimum absolute atomic E-state index is 0.0285. The molecule has 5 nitrogen and oxygen atoms in total. The molecule has 0 aliphatic heterocycles. The molecule has 0 saturated carbocycles. The molecular formula is C9H7Cl2N3O2. The molecule has 16 heavy (non-hydrogen) atoms. The highest BCUT2D eigenvalue weighted by molar-refractivity contribution is 6.34. The van der Waals surface area contributed by atoms with E-state index in [1.807, 2.05) is 0 Å². The molecule has 0 unspecified atom stereocenters. The average molecular weight is 260 g/mol. The smallest absolute Gasteiger partial charge is 0.356 e. The van der Waals surface area contributed by atoms with E-state index in [2.05, 4.69) is 10.1 Å². The summed E-state index contributed by atoms with van der Waals surface area (Å²) in [5.74, 6) is -0.478. The summed E-state index contributed by atoms with van der Waals surface area (Å²) in [6, 6.07) is 3.19. The fourth-order valence-corrected chi connectivity index (χ4v) is 1.72. The van der Waals surface area contributed by atoms with Crippen molar-refractivity contribution in [1.82, 2.24) is 14.6 Å². The summed E-state index contributed by atoms with van der Waals surface area (Å²) in [7, 11) is 0. The minimum Gasteiger partial charge on any atom is -0.461 e. The molecule has 84 valence electrons. The standard InChI is InChI=1S/C9H7Cl2N3O2/c1-2-16-8(15)6-4-3-5-7(10)12-9(11)13-14(5)6/h3-4H,2H2,1H3. The van der Waals surface area contributed by atoms with E-state index in [1.54, 1.807) is 19.1 Å². The lowest BCUT2D eigenvalue weighted by atomic mass is 10.4. The van der Waals surface area contributed by atoms with Crippen LogP contribution in [0.2, 0.25) is 10.4 Å². The second-order valence-corrected chi connectivity index (χ2v) is 3.60. The molecule has 0 fully saturated rings. The van der Waals surface area contributed by atoms with Gasteiger partial charge in [-0.15, -0.1) is 5.10 Å². The molecule has 0 saturated heterocycles. The zero-order chi connectivity index (χ0) is 11.7. The second kappa shape index (κ2) is 4.27. The Labute approximate surface area is 101 Å². The summed E-state index contributed by atoms with van der Waals surface area (Å²) >= 11 is 11.5. The molecule has 2 aromatic heterocycles. The lowest BCUT2D eigenvalue weighted by molar-refractivity contribution is 0.0517. The SMILES string of the molecule is CCOC(=O)c1ccc2c(Cl)nc(Cl)nn12. The van der Waals surface area contributed by atoms with Crippen LogP contribution in [0, 0.1) is 0 Å². The van der Waals surface area contributed by atoms with Crippen molar-refractivity contribution in [1.29, 1.82) is 0 Å². The Bertz CT molecular complexity index is 553. The van der Waals surface area contributed by atoms with E-state index in [4.69, 9.17) is 27.9 Å². The molecule has 2 aromatic rings. The first-order valence-electron chi connectivity index (χ1n) is 4.51. The lowest BCUT2D eigenvalue weighted by Crippen LogP contribution is -2.10. The number of carbonyl (C=O) groups excluding carboxylic acids is 1. The van der Waals surface area contributed by atoms with Crippen LogP contribution in [0.15, 0.2) is 12.1 Å². The van der Waals surface area contributed by atoms with Crippen molar-refractivity contribution in [3.05, 3.63) is 28.3 Å². The van der Waals surface area contributed by atoms with E-state index in [0.717, 1.165) is 0 Å².